The van der Waals surface area contributed by atoms with E-state index in [0.717, 1.165) is 6.29 Å². The normalized spacial score (nSPS) is 8.69. The molecule has 0 unspecified atom stereocenters. The van der Waals surface area contributed by atoms with Crippen molar-refractivity contribution in [3.05, 3.63) is 28.8 Å². The van der Waals surface area contributed by atoms with E-state index in [1.54, 1.807) is 18.2 Å². The maximum atomic E-state index is 9.98. The number of aldehydes is 1. The first kappa shape index (κ1) is 9.63. The number of anilines is 1. The van der Waals surface area contributed by atoms with Crippen molar-refractivity contribution in [2.75, 3.05) is 5.73 Å². The Bertz CT molecular complexity index is 376. The van der Waals surface area contributed by atoms with Crippen LogP contribution in [0.25, 0.3) is 0 Å². The highest BCUT2D eigenvalue weighted by Crippen LogP contribution is 2.16. The highest BCUT2D eigenvalue weighted by molar-refractivity contribution is 6.30. The van der Waals surface area contributed by atoms with Gasteiger partial charge >= 0.3 is 0 Å². The number of hydrogen-bond acceptors (Lipinski definition) is 2. The lowest BCUT2D eigenvalue weighted by Gasteiger charge is -1.97. The molecule has 0 spiro atoms. The highest BCUT2D eigenvalue weighted by Gasteiger charge is 1.94. The van der Waals surface area contributed by atoms with Crippen molar-refractivity contribution in [1.29, 1.82) is 0 Å². The molecule has 1 aromatic rings. The molecular formula is C10H8ClNO. The maximum absolute atomic E-state index is 9.98. The zero-order valence-electron chi connectivity index (χ0n) is 6.88. The van der Waals surface area contributed by atoms with E-state index in [1.807, 2.05) is 0 Å². The summed E-state index contributed by atoms with van der Waals surface area (Å²) in [6.07, 6.45) is 0.973. The van der Waals surface area contributed by atoms with Gasteiger partial charge in [0.05, 0.1) is 6.42 Å². The van der Waals surface area contributed by atoms with Gasteiger partial charge in [0.1, 0.15) is 6.29 Å². The SMILES string of the molecule is Nc1cc(Cl)ccc1C#CCC=O. The van der Waals surface area contributed by atoms with E-state index in [9.17, 15) is 4.79 Å². The number of rotatable bonds is 1. The van der Waals surface area contributed by atoms with Crippen molar-refractivity contribution in [2.45, 2.75) is 6.42 Å². The fourth-order valence-electron chi connectivity index (χ4n) is 0.835. The second kappa shape index (κ2) is 4.54. The van der Waals surface area contributed by atoms with E-state index >= 15 is 0 Å². The first-order valence-corrected chi connectivity index (χ1v) is 4.09. The van der Waals surface area contributed by atoms with Gasteiger partial charge in [0.25, 0.3) is 0 Å². The van der Waals surface area contributed by atoms with Gasteiger partial charge in [-0.05, 0) is 18.2 Å². The monoisotopic (exact) mass is 193 g/mol. The van der Waals surface area contributed by atoms with E-state index in [0.29, 0.717) is 16.3 Å². The average molecular weight is 194 g/mol. The van der Waals surface area contributed by atoms with Crippen LogP contribution in [0.3, 0.4) is 0 Å². The summed E-state index contributed by atoms with van der Waals surface area (Å²) < 4.78 is 0. The Hall–Kier alpha value is -1.46. The molecule has 0 atom stereocenters. The highest BCUT2D eigenvalue weighted by atomic mass is 35.5. The lowest BCUT2D eigenvalue weighted by molar-refractivity contribution is -0.107. The summed E-state index contributed by atoms with van der Waals surface area (Å²) in [5.41, 5.74) is 6.86. The minimum absolute atomic E-state index is 0.224. The molecule has 0 radical (unpaired) electrons. The van der Waals surface area contributed by atoms with E-state index < -0.39 is 0 Å². The number of carbonyl (C=O) groups is 1. The third-order valence-corrected chi connectivity index (χ3v) is 1.66. The van der Waals surface area contributed by atoms with Gasteiger partial charge in [-0.25, -0.2) is 0 Å². The average Bonchev–Trinajstić information content (AvgIpc) is 2.09. The first-order chi connectivity index (χ1) is 6.24. The van der Waals surface area contributed by atoms with E-state index in [1.165, 1.54) is 0 Å². The van der Waals surface area contributed by atoms with Gasteiger partial charge in [-0.1, -0.05) is 23.4 Å². The molecule has 0 saturated heterocycles. The van der Waals surface area contributed by atoms with Crippen LogP contribution in [-0.2, 0) is 4.79 Å². The van der Waals surface area contributed by atoms with Crippen LogP contribution in [0, 0.1) is 11.8 Å². The largest absolute Gasteiger partial charge is 0.398 e. The van der Waals surface area contributed by atoms with Crippen LogP contribution >= 0.6 is 11.6 Å². The lowest BCUT2D eigenvalue weighted by Crippen LogP contribution is -1.89. The summed E-state index contributed by atoms with van der Waals surface area (Å²) >= 11 is 5.69. The molecule has 0 amide bonds. The number of hydrogen-bond donors (Lipinski definition) is 1. The van der Waals surface area contributed by atoms with Gasteiger partial charge in [0.2, 0.25) is 0 Å². The van der Waals surface area contributed by atoms with Crippen molar-refractivity contribution < 1.29 is 4.79 Å². The van der Waals surface area contributed by atoms with Crippen molar-refractivity contribution in [1.82, 2.24) is 0 Å². The summed E-state index contributed by atoms with van der Waals surface area (Å²) in [6.45, 7) is 0. The predicted octanol–water partition coefficient (Wildman–Crippen LogP) is 1.86. The van der Waals surface area contributed by atoms with Crippen molar-refractivity contribution in [3.63, 3.8) is 0 Å². The Morgan fingerprint density at radius 2 is 2.31 bits per heavy atom. The minimum atomic E-state index is 0.224. The smallest absolute Gasteiger partial charge is 0.131 e. The van der Waals surface area contributed by atoms with Crippen LogP contribution in [0.4, 0.5) is 5.69 Å². The Morgan fingerprint density at radius 3 is 2.92 bits per heavy atom. The van der Waals surface area contributed by atoms with Crippen molar-refractivity contribution in [2.24, 2.45) is 0 Å². The standard InChI is InChI=1S/C10H8ClNO/c11-9-5-4-8(10(12)7-9)3-1-2-6-13/h4-7H,2,12H2. The molecule has 66 valence electrons. The number of carbonyl (C=O) groups excluding carboxylic acids is 1. The van der Waals surface area contributed by atoms with E-state index in [2.05, 4.69) is 11.8 Å². The molecule has 0 aromatic heterocycles. The third-order valence-electron chi connectivity index (χ3n) is 1.42. The Labute approximate surface area is 81.7 Å². The molecule has 1 aromatic carbocycles. The van der Waals surface area contributed by atoms with Crippen LogP contribution in [-0.4, -0.2) is 6.29 Å². The molecule has 1 rings (SSSR count). The topological polar surface area (TPSA) is 43.1 Å². The van der Waals surface area contributed by atoms with Crippen molar-refractivity contribution >= 4 is 23.6 Å². The molecule has 2 nitrogen and oxygen atoms in total. The molecule has 0 aliphatic heterocycles. The quantitative estimate of drug-likeness (QED) is 0.420. The summed E-state index contributed by atoms with van der Waals surface area (Å²) in [5.74, 6) is 5.45. The van der Waals surface area contributed by atoms with E-state index in [4.69, 9.17) is 17.3 Å². The van der Waals surface area contributed by atoms with Gasteiger partial charge in [0, 0.05) is 16.3 Å². The second-order valence-corrected chi connectivity index (χ2v) is 2.84. The molecule has 0 saturated carbocycles. The Balaban J connectivity index is 2.91. The van der Waals surface area contributed by atoms with Crippen LogP contribution in [0.1, 0.15) is 12.0 Å². The second-order valence-electron chi connectivity index (χ2n) is 2.40. The first-order valence-electron chi connectivity index (χ1n) is 3.71. The van der Waals surface area contributed by atoms with Gasteiger partial charge in [-0.2, -0.15) is 0 Å². The Morgan fingerprint density at radius 1 is 1.54 bits per heavy atom. The molecule has 0 bridgehead atoms. The molecule has 0 heterocycles. The third kappa shape index (κ3) is 2.81. The molecule has 0 fully saturated rings. The molecule has 0 aliphatic rings. The summed E-state index contributed by atoms with van der Waals surface area (Å²) in [7, 11) is 0. The number of nitrogen functional groups attached to an aromatic ring is 1. The van der Waals surface area contributed by atoms with Gasteiger partial charge < -0.3 is 10.5 Å². The molecule has 13 heavy (non-hydrogen) atoms. The summed E-state index contributed by atoms with van der Waals surface area (Å²) in [5, 5.41) is 0.582. The zero-order chi connectivity index (χ0) is 9.68. The van der Waals surface area contributed by atoms with Crippen LogP contribution in [0.2, 0.25) is 5.02 Å². The summed E-state index contributed by atoms with van der Waals surface area (Å²) in [4.78, 5) is 9.98. The van der Waals surface area contributed by atoms with Gasteiger partial charge in [0.15, 0.2) is 0 Å². The maximum Gasteiger partial charge on any atom is 0.131 e. The minimum Gasteiger partial charge on any atom is -0.398 e. The fourth-order valence-corrected chi connectivity index (χ4v) is 1.02. The number of nitrogens with two attached hydrogens (primary N) is 1. The molecule has 3 heteroatoms. The molecule has 2 N–H and O–H groups in total. The van der Waals surface area contributed by atoms with Gasteiger partial charge in [-0.15, -0.1) is 0 Å². The molecular weight excluding hydrogens is 186 g/mol. The molecule has 0 aliphatic carbocycles. The summed E-state index contributed by atoms with van der Waals surface area (Å²) in [6, 6.07) is 5.07. The lowest BCUT2D eigenvalue weighted by atomic mass is 10.2. The van der Waals surface area contributed by atoms with E-state index in [-0.39, 0.29) is 6.42 Å². The van der Waals surface area contributed by atoms with Crippen LogP contribution < -0.4 is 5.73 Å². The van der Waals surface area contributed by atoms with Crippen molar-refractivity contribution in [3.8, 4) is 11.8 Å². The zero-order valence-corrected chi connectivity index (χ0v) is 7.64. The predicted molar refractivity (Wildman–Crippen MR) is 53.4 cm³/mol. The Kier molecular flexibility index (Phi) is 3.36. The number of benzene rings is 1. The van der Waals surface area contributed by atoms with Crippen LogP contribution in [0.15, 0.2) is 18.2 Å². The fraction of sp³-hybridized carbons (Fsp3) is 0.100. The number of halogens is 1. The van der Waals surface area contributed by atoms with Gasteiger partial charge in [-0.3, -0.25) is 0 Å². The van der Waals surface area contributed by atoms with Crippen LogP contribution in [0.5, 0.6) is 0 Å².